The van der Waals surface area contributed by atoms with Crippen LogP contribution in [0.4, 0.5) is 14.9 Å². The van der Waals surface area contributed by atoms with E-state index in [1.54, 1.807) is 24.1 Å². The normalized spacial score (nSPS) is 15.7. The number of urea groups is 1. The largest absolute Gasteiger partial charge is 0.497 e. The van der Waals surface area contributed by atoms with Gasteiger partial charge in [0.05, 0.1) is 25.3 Å². The highest BCUT2D eigenvalue weighted by Gasteiger charge is 2.24. The lowest BCUT2D eigenvalue weighted by molar-refractivity contribution is 0.0818. The Bertz CT molecular complexity index is 1120. The van der Waals surface area contributed by atoms with Gasteiger partial charge < -0.3 is 24.7 Å². The Morgan fingerprint density at radius 2 is 2.06 bits per heavy atom. The van der Waals surface area contributed by atoms with Crippen molar-refractivity contribution in [2.24, 2.45) is 0 Å². The number of rotatable bonds is 6. The van der Waals surface area contributed by atoms with Crippen molar-refractivity contribution in [3.63, 3.8) is 0 Å². The molecule has 1 saturated heterocycles. The van der Waals surface area contributed by atoms with Crippen LogP contribution in [0.2, 0.25) is 0 Å². The molecule has 0 unspecified atom stereocenters. The third kappa shape index (κ3) is 5.03. The van der Waals surface area contributed by atoms with Crippen LogP contribution in [0.3, 0.4) is 0 Å². The predicted molar refractivity (Wildman–Crippen MR) is 116 cm³/mol. The Hall–Kier alpha value is -3.39. The molecule has 1 aliphatic rings. The number of aromatic nitrogens is 1. The highest BCUT2D eigenvalue weighted by Crippen LogP contribution is 2.20. The first-order valence-electron chi connectivity index (χ1n) is 10.1. The van der Waals surface area contributed by atoms with Crippen molar-refractivity contribution in [3.8, 4) is 5.75 Å². The summed E-state index contributed by atoms with van der Waals surface area (Å²) >= 11 is 0. The van der Waals surface area contributed by atoms with E-state index in [4.69, 9.17) is 9.47 Å². The number of pyridine rings is 1. The molecule has 4 rings (SSSR count). The van der Waals surface area contributed by atoms with Gasteiger partial charge in [0.15, 0.2) is 0 Å². The molecular formula is C23H24FN3O4. The number of anilines is 1. The third-order valence-electron chi connectivity index (χ3n) is 5.32. The van der Waals surface area contributed by atoms with Gasteiger partial charge >= 0.3 is 6.03 Å². The van der Waals surface area contributed by atoms with Crippen LogP contribution in [0.1, 0.15) is 18.4 Å². The zero-order valence-electron chi connectivity index (χ0n) is 17.2. The van der Waals surface area contributed by atoms with E-state index >= 15 is 0 Å². The summed E-state index contributed by atoms with van der Waals surface area (Å²) in [5, 5.41) is 3.61. The number of carbonyl (C=O) groups is 1. The number of methoxy groups -OCH3 is 1. The molecule has 2 N–H and O–H groups in total. The van der Waals surface area contributed by atoms with E-state index in [2.05, 4.69) is 10.3 Å². The number of aromatic amines is 1. The summed E-state index contributed by atoms with van der Waals surface area (Å²) in [6.07, 6.45) is 1.72. The molecule has 2 aromatic carbocycles. The average molecular weight is 425 g/mol. The topological polar surface area (TPSA) is 83.7 Å². The van der Waals surface area contributed by atoms with Gasteiger partial charge in [0.2, 0.25) is 0 Å². The molecule has 8 heteroatoms. The van der Waals surface area contributed by atoms with Gasteiger partial charge in [0.25, 0.3) is 5.56 Å². The first kappa shape index (κ1) is 20.9. The van der Waals surface area contributed by atoms with Crippen molar-refractivity contribution in [2.75, 3.05) is 25.6 Å². The number of hydrogen-bond acceptors (Lipinski definition) is 4. The maximum Gasteiger partial charge on any atom is 0.322 e. The molecule has 162 valence electrons. The smallest absolute Gasteiger partial charge is 0.322 e. The van der Waals surface area contributed by atoms with E-state index in [0.29, 0.717) is 35.7 Å². The first-order chi connectivity index (χ1) is 15.0. The molecule has 0 spiro atoms. The van der Waals surface area contributed by atoms with Crippen LogP contribution in [0, 0.1) is 5.82 Å². The molecule has 1 fully saturated rings. The number of fused-ring (bicyclic) bond motifs is 1. The average Bonchev–Trinajstić information content (AvgIpc) is 3.28. The number of nitrogens with zero attached hydrogens (tertiary/aromatic N) is 1. The second-order valence-corrected chi connectivity index (χ2v) is 7.53. The van der Waals surface area contributed by atoms with Gasteiger partial charge in [-0.1, -0.05) is 0 Å². The summed E-state index contributed by atoms with van der Waals surface area (Å²) in [5.41, 5.74) is 1.33. The highest BCUT2D eigenvalue weighted by atomic mass is 19.1. The van der Waals surface area contributed by atoms with E-state index in [1.807, 2.05) is 12.1 Å². The van der Waals surface area contributed by atoms with E-state index in [0.717, 1.165) is 18.2 Å². The number of hydrogen-bond donors (Lipinski definition) is 2. The minimum absolute atomic E-state index is 0.0808. The highest BCUT2D eigenvalue weighted by molar-refractivity contribution is 5.89. The molecule has 1 aromatic heterocycles. The summed E-state index contributed by atoms with van der Waals surface area (Å²) in [4.78, 5) is 30.1. The zero-order valence-corrected chi connectivity index (χ0v) is 17.2. The predicted octanol–water partition coefficient (Wildman–Crippen LogP) is 3.89. The molecule has 0 aliphatic carbocycles. The minimum Gasteiger partial charge on any atom is -0.497 e. The van der Waals surface area contributed by atoms with Gasteiger partial charge in [-0.05, 0) is 60.7 Å². The van der Waals surface area contributed by atoms with Crippen molar-refractivity contribution >= 4 is 22.6 Å². The fraction of sp³-hybridized carbons (Fsp3) is 0.304. The Morgan fingerprint density at radius 1 is 1.26 bits per heavy atom. The van der Waals surface area contributed by atoms with Crippen molar-refractivity contribution in [1.82, 2.24) is 9.88 Å². The van der Waals surface area contributed by atoms with E-state index < -0.39 is 0 Å². The summed E-state index contributed by atoms with van der Waals surface area (Å²) in [7, 11) is 1.57. The van der Waals surface area contributed by atoms with Crippen LogP contribution in [0.15, 0.2) is 53.3 Å². The molecule has 7 nitrogen and oxygen atoms in total. The van der Waals surface area contributed by atoms with Gasteiger partial charge in [0, 0.05) is 30.5 Å². The van der Waals surface area contributed by atoms with Crippen LogP contribution in [0.25, 0.3) is 10.9 Å². The second kappa shape index (κ2) is 9.18. The van der Waals surface area contributed by atoms with Crippen LogP contribution >= 0.6 is 0 Å². The summed E-state index contributed by atoms with van der Waals surface area (Å²) in [6.45, 7) is 1.13. The Balaban J connectivity index is 1.58. The summed E-state index contributed by atoms with van der Waals surface area (Å²) in [5.74, 6) is 0.267. The number of benzene rings is 2. The summed E-state index contributed by atoms with van der Waals surface area (Å²) in [6, 6.07) is 12.4. The summed E-state index contributed by atoms with van der Waals surface area (Å²) < 4.78 is 24.1. The standard InChI is InChI=1S/C23H24FN3O4/c1-30-19-9-4-15-11-16(22(28)26-21(15)12-19)13-27(14-20-3-2-10-31-20)23(29)25-18-7-5-17(24)6-8-18/h4-9,11-12,20H,2-3,10,13-14H2,1H3,(H,25,29)(H,26,28)/t20-/m1/s1. The van der Waals surface area contributed by atoms with E-state index in [1.165, 1.54) is 24.3 Å². The monoisotopic (exact) mass is 425 g/mol. The minimum atomic E-state index is -0.381. The number of carbonyl (C=O) groups excluding carboxylic acids is 1. The third-order valence-corrected chi connectivity index (χ3v) is 5.32. The SMILES string of the molecule is COc1ccc2cc(CN(C[C@H]3CCCO3)C(=O)Nc3ccc(F)cc3)c(=O)[nH]c2c1. The molecule has 31 heavy (non-hydrogen) atoms. The van der Waals surface area contributed by atoms with Crippen LogP contribution in [0.5, 0.6) is 5.75 Å². The molecular weight excluding hydrogens is 401 g/mol. The fourth-order valence-electron chi connectivity index (χ4n) is 3.66. The van der Waals surface area contributed by atoms with E-state index in [-0.39, 0.29) is 30.1 Å². The van der Waals surface area contributed by atoms with Crippen molar-refractivity contribution in [2.45, 2.75) is 25.5 Å². The first-order valence-corrected chi connectivity index (χ1v) is 10.1. The molecule has 2 amide bonds. The van der Waals surface area contributed by atoms with Crippen LogP contribution in [-0.4, -0.2) is 42.3 Å². The lowest BCUT2D eigenvalue weighted by Gasteiger charge is -2.25. The van der Waals surface area contributed by atoms with Crippen molar-refractivity contribution in [1.29, 1.82) is 0 Å². The van der Waals surface area contributed by atoms with E-state index in [9.17, 15) is 14.0 Å². The number of nitrogens with one attached hydrogen (secondary N) is 2. The number of amides is 2. The molecule has 1 aliphatic heterocycles. The Morgan fingerprint density at radius 3 is 2.77 bits per heavy atom. The quantitative estimate of drug-likeness (QED) is 0.628. The van der Waals surface area contributed by atoms with Gasteiger partial charge in [-0.15, -0.1) is 0 Å². The van der Waals surface area contributed by atoms with Gasteiger partial charge in [-0.2, -0.15) is 0 Å². The van der Waals surface area contributed by atoms with Crippen molar-refractivity contribution in [3.05, 3.63) is 70.3 Å². The molecule has 1 atom stereocenters. The van der Waals surface area contributed by atoms with Gasteiger partial charge in [0.1, 0.15) is 11.6 Å². The van der Waals surface area contributed by atoms with Crippen LogP contribution in [-0.2, 0) is 11.3 Å². The van der Waals surface area contributed by atoms with Gasteiger partial charge in [-0.25, -0.2) is 9.18 Å². The van der Waals surface area contributed by atoms with Crippen molar-refractivity contribution < 1.29 is 18.7 Å². The van der Waals surface area contributed by atoms with Gasteiger partial charge in [-0.3, -0.25) is 4.79 Å². The maximum absolute atomic E-state index is 13.2. The molecule has 3 aromatic rings. The molecule has 0 radical (unpaired) electrons. The lowest BCUT2D eigenvalue weighted by Crippen LogP contribution is -2.40. The Kier molecular flexibility index (Phi) is 6.18. The number of halogens is 1. The maximum atomic E-state index is 13.2. The second-order valence-electron chi connectivity index (χ2n) is 7.53. The molecule has 2 heterocycles. The van der Waals surface area contributed by atoms with Crippen LogP contribution < -0.4 is 15.6 Å². The number of H-pyrrole nitrogens is 1. The number of ether oxygens (including phenoxy) is 2. The molecule has 0 saturated carbocycles. The molecule has 0 bridgehead atoms. The fourth-order valence-corrected chi connectivity index (χ4v) is 3.66. The Labute approximate surface area is 178 Å². The lowest BCUT2D eigenvalue weighted by atomic mass is 10.1. The zero-order chi connectivity index (χ0) is 21.8.